The van der Waals surface area contributed by atoms with Crippen molar-refractivity contribution < 1.29 is 9.53 Å². The van der Waals surface area contributed by atoms with E-state index in [-0.39, 0.29) is 11.9 Å². The Morgan fingerprint density at radius 2 is 2.20 bits per heavy atom. The van der Waals surface area contributed by atoms with Crippen LogP contribution >= 0.6 is 0 Å². The first-order valence-corrected chi connectivity index (χ1v) is 5.57. The lowest BCUT2D eigenvalue weighted by Crippen LogP contribution is -2.49. The van der Waals surface area contributed by atoms with E-state index in [0.29, 0.717) is 12.5 Å². The monoisotopic (exact) mass is 214 g/mol. The third-order valence-corrected chi connectivity index (χ3v) is 3.34. The highest BCUT2D eigenvalue weighted by molar-refractivity contribution is 5.84. The number of methoxy groups -OCH3 is 1. The van der Waals surface area contributed by atoms with E-state index in [0.717, 1.165) is 19.3 Å². The number of nitrogens with two attached hydrogens (primary N) is 1. The van der Waals surface area contributed by atoms with Crippen LogP contribution in [-0.2, 0) is 9.53 Å². The topological polar surface area (TPSA) is 64.3 Å². The van der Waals surface area contributed by atoms with Crippen LogP contribution in [0.1, 0.15) is 33.1 Å². The van der Waals surface area contributed by atoms with E-state index in [1.807, 2.05) is 0 Å². The van der Waals surface area contributed by atoms with Gasteiger partial charge in [0.25, 0.3) is 5.91 Å². The van der Waals surface area contributed by atoms with Crippen molar-refractivity contribution in [3.63, 3.8) is 0 Å². The number of amides is 1. The van der Waals surface area contributed by atoms with E-state index in [1.165, 1.54) is 0 Å². The lowest BCUT2D eigenvalue weighted by atomic mass is 10.0. The molecule has 0 aromatic rings. The quantitative estimate of drug-likeness (QED) is 0.722. The molecule has 2 atom stereocenters. The summed E-state index contributed by atoms with van der Waals surface area (Å²) < 4.78 is 5.14. The Bertz CT molecular complexity index is 229. The Morgan fingerprint density at radius 1 is 1.53 bits per heavy atom. The van der Waals surface area contributed by atoms with E-state index >= 15 is 0 Å². The number of hydrogen-bond acceptors (Lipinski definition) is 3. The zero-order valence-electron chi connectivity index (χ0n) is 9.88. The van der Waals surface area contributed by atoms with Crippen LogP contribution in [0.25, 0.3) is 0 Å². The lowest BCUT2D eigenvalue weighted by Gasteiger charge is -2.26. The minimum absolute atomic E-state index is 0.0460. The average molecular weight is 214 g/mol. The van der Waals surface area contributed by atoms with Crippen LogP contribution in [0.15, 0.2) is 0 Å². The van der Waals surface area contributed by atoms with Crippen molar-refractivity contribution in [1.82, 2.24) is 5.32 Å². The lowest BCUT2D eigenvalue weighted by molar-refractivity contribution is -0.140. The van der Waals surface area contributed by atoms with Gasteiger partial charge in [-0.05, 0) is 39.2 Å². The molecular formula is C11H22N2O2. The molecule has 0 radical (unpaired) electrons. The van der Waals surface area contributed by atoms with E-state index < -0.39 is 5.60 Å². The number of hydrogen-bond donors (Lipinski definition) is 2. The molecule has 4 heteroatoms. The minimum atomic E-state index is -0.748. The zero-order valence-corrected chi connectivity index (χ0v) is 9.88. The van der Waals surface area contributed by atoms with E-state index in [9.17, 15) is 4.79 Å². The van der Waals surface area contributed by atoms with Gasteiger partial charge in [0, 0.05) is 13.2 Å². The van der Waals surface area contributed by atoms with Crippen LogP contribution < -0.4 is 11.1 Å². The van der Waals surface area contributed by atoms with Crippen molar-refractivity contribution in [3.8, 4) is 0 Å². The Hall–Kier alpha value is -0.610. The number of carbonyl (C=O) groups excluding carboxylic acids is 1. The number of nitrogens with one attached hydrogen (secondary N) is 1. The molecule has 15 heavy (non-hydrogen) atoms. The molecule has 0 aliphatic heterocycles. The summed E-state index contributed by atoms with van der Waals surface area (Å²) in [5.74, 6) is 0.386. The van der Waals surface area contributed by atoms with Crippen LogP contribution in [0.2, 0.25) is 0 Å². The summed E-state index contributed by atoms with van der Waals surface area (Å²) in [6.45, 7) is 4.20. The summed E-state index contributed by atoms with van der Waals surface area (Å²) in [5, 5.41) is 3.03. The predicted octanol–water partition coefficient (Wildman–Crippen LogP) is 0.655. The van der Waals surface area contributed by atoms with Crippen molar-refractivity contribution in [1.29, 1.82) is 0 Å². The summed E-state index contributed by atoms with van der Waals surface area (Å²) in [4.78, 5) is 11.8. The molecule has 1 aliphatic carbocycles. The normalized spacial score (nSPS) is 26.7. The molecule has 0 spiro atoms. The number of carbonyl (C=O) groups is 1. The van der Waals surface area contributed by atoms with Gasteiger partial charge in [0.05, 0.1) is 0 Å². The predicted molar refractivity (Wildman–Crippen MR) is 59.4 cm³/mol. The molecule has 0 heterocycles. The van der Waals surface area contributed by atoms with E-state index in [2.05, 4.69) is 5.32 Å². The summed E-state index contributed by atoms with van der Waals surface area (Å²) in [5.41, 5.74) is 4.91. The largest absolute Gasteiger partial charge is 0.369 e. The highest BCUT2D eigenvalue weighted by atomic mass is 16.5. The standard InChI is InChI=1S/C11H22N2O2/c1-11(2,15-3)10(14)13-9-6-4-5-8(9)7-12/h8-9H,4-7,12H2,1-3H3,(H,13,14). The molecule has 3 N–H and O–H groups in total. The van der Waals surface area contributed by atoms with Gasteiger partial charge >= 0.3 is 0 Å². The maximum atomic E-state index is 11.8. The molecule has 0 aromatic heterocycles. The molecule has 2 unspecified atom stereocenters. The number of ether oxygens (including phenoxy) is 1. The molecule has 0 bridgehead atoms. The van der Waals surface area contributed by atoms with Crippen LogP contribution in [0.5, 0.6) is 0 Å². The fraction of sp³-hybridized carbons (Fsp3) is 0.909. The maximum Gasteiger partial charge on any atom is 0.251 e. The van der Waals surface area contributed by atoms with E-state index in [4.69, 9.17) is 10.5 Å². The summed E-state index contributed by atoms with van der Waals surface area (Å²) in [6.07, 6.45) is 3.31. The Morgan fingerprint density at radius 3 is 2.73 bits per heavy atom. The number of rotatable bonds is 4. The molecule has 1 amide bonds. The highest BCUT2D eigenvalue weighted by Gasteiger charge is 2.33. The Balaban J connectivity index is 2.51. The summed E-state index contributed by atoms with van der Waals surface area (Å²) >= 11 is 0. The maximum absolute atomic E-state index is 11.8. The van der Waals surface area contributed by atoms with Crippen LogP contribution in [-0.4, -0.2) is 31.2 Å². The van der Waals surface area contributed by atoms with Gasteiger partial charge in [-0.25, -0.2) is 0 Å². The minimum Gasteiger partial charge on any atom is -0.369 e. The summed E-state index contributed by atoms with van der Waals surface area (Å²) in [6, 6.07) is 0.233. The summed E-state index contributed by atoms with van der Waals surface area (Å²) in [7, 11) is 1.55. The molecule has 1 rings (SSSR count). The van der Waals surface area contributed by atoms with Gasteiger partial charge in [0.15, 0.2) is 0 Å². The first-order valence-electron chi connectivity index (χ1n) is 5.57. The second kappa shape index (κ2) is 4.94. The van der Waals surface area contributed by atoms with Gasteiger partial charge in [0.2, 0.25) is 0 Å². The molecule has 88 valence electrons. The van der Waals surface area contributed by atoms with Crippen molar-refractivity contribution in [2.24, 2.45) is 11.7 Å². The van der Waals surface area contributed by atoms with Crippen LogP contribution in [0.4, 0.5) is 0 Å². The molecule has 1 aliphatic rings. The fourth-order valence-electron chi connectivity index (χ4n) is 1.94. The third-order valence-electron chi connectivity index (χ3n) is 3.34. The SMILES string of the molecule is COC(C)(C)C(=O)NC1CCCC1CN. The van der Waals surface area contributed by atoms with Gasteiger partial charge in [-0.2, -0.15) is 0 Å². The average Bonchev–Trinajstić information content (AvgIpc) is 2.65. The van der Waals surface area contributed by atoms with Crippen molar-refractivity contribution in [2.45, 2.75) is 44.8 Å². The van der Waals surface area contributed by atoms with Gasteiger partial charge in [-0.3, -0.25) is 4.79 Å². The zero-order chi connectivity index (χ0) is 11.5. The van der Waals surface area contributed by atoms with Crippen molar-refractivity contribution in [3.05, 3.63) is 0 Å². The van der Waals surface area contributed by atoms with Crippen LogP contribution in [0.3, 0.4) is 0 Å². The Kier molecular flexibility index (Phi) is 4.11. The van der Waals surface area contributed by atoms with Gasteiger partial charge in [0.1, 0.15) is 5.60 Å². The first kappa shape index (κ1) is 12.5. The molecular weight excluding hydrogens is 192 g/mol. The van der Waals surface area contributed by atoms with Crippen LogP contribution in [0, 0.1) is 5.92 Å². The Labute approximate surface area is 91.5 Å². The second-order valence-electron chi connectivity index (χ2n) is 4.72. The fourth-order valence-corrected chi connectivity index (χ4v) is 1.94. The molecule has 1 saturated carbocycles. The van der Waals surface area contributed by atoms with Gasteiger partial charge < -0.3 is 15.8 Å². The third kappa shape index (κ3) is 2.92. The molecule has 0 aromatic carbocycles. The molecule has 4 nitrogen and oxygen atoms in total. The smallest absolute Gasteiger partial charge is 0.251 e. The second-order valence-corrected chi connectivity index (χ2v) is 4.72. The van der Waals surface area contributed by atoms with Crippen molar-refractivity contribution in [2.75, 3.05) is 13.7 Å². The van der Waals surface area contributed by atoms with Gasteiger partial charge in [-0.15, -0.1) is 0 Å². The van der Waals surface area contributed by atoms with Gasteiger partial charge in [-0.1, -0.05) is 6.42 Å². The highest BCUT2D eigenvalue weighted by Crippen LogP contribution is 2.25. The molecule has 0 saturated heterocycles. The van der Waals surface area contributed by atoms with E-state index in [1.54, 1.807) is 21.0 Å². The molecule has 1 fully saturated rings. The first-order chi connectivity index (χ1) is 7.01. The van der Waals surface area contributed by atoms with Crippen molar-refractivity contribution >= 4 is 5.91 Å².